The van der Waals surface area contributed by atoms with Crippen LogP contribution in [-0.4, -0.2) is 23.8 Å². The van der Waals surface area contributed by atoms with E-state index in [1.807, 2.05) is 48.0 Å². The number of methoxy groups -OCH3 is 1. The second kappa shape index (κ2) is 8.17. The lowest BCUT2D eigenvalue weighted by Crippen LogP contribution is -2.11. The molecular weight excluding hydrogens is 340 g/mol. The largest absolute Gasteiger partial charge is 0.497 e. The van der Waals surface area contributed by atoms with Crippen molar-refractivity contribution in [2.45, 2.75) is 17.7 Å². The number of nitrogens with zero attached hydrogens (tertiary/aromatic N) is 1. The molecule has 0 atom stereocenters. The summed E-state index contributed by atoms with van der Waals surface area (Å²) in [6.07, 6.45) is 1.36. The SMILES string of the molecule is COc1ccc(SCCCC(=O)Nc2ccc3ncsc3c2)cc1. The van der Waals surface area contributed by atoms with Gasteiger partial charge >= 0.3 is 0 Å². The molecule has 0 unspecified atom stereocenters. The molecule has 3 aromatic rings. The van der Waals surface area contributed by atoms with Crippen molar-refractivity contribution in [3.63, 3.8) is 0 Å². The summed E-state index contributed by atoms with van der Waals surface area (Å²) >= 11 is 3.32. The summed E-state index contributed by atoms with van der Waals surface area (Å²) in [4.78, 5) is 17.5. The maximum atomic E-state index is 12.0. The van der Waals surface area contributed by atoms with Crippen LogP contribution in [0.3, 0.4) is 0 Å². The van der Waals surface area contributed by atoms with E-state index in [0.717, 1.165) is 33.8 Å². The number of hydrogen-bond acceptors (Lipinski definition) is 5. The summed E-state index contributed by atoms with van der Waals surface area (Å²) in [5.74, 6) is 1.82. The van der Waals surface area contributed by atoms with Gasteiger partial charge in [0, 0.05) is 17.0 Å². The molecule has 0 aliphatic heterocycles. The lowest BCUT2D eigenvalue weighted by Gasteiger charge is -2.06. The smallest absolute Gasteiger partial charge is 0.224 e. The van der Waals surface area contributed by atoms with Gasteiger partial charge < -0.3 is 10.1 Å². The Hall–Kier alpha value is -2.05. The van der Waals surface area contributed by atoms with Gasteiger partial charge in [-0.15, -0.1) is 23.1 Å². The van der Waals surface area contributed by atoms with Gasteiger partial charge in [0.25, 0.3) is 0 Å². The molecule has 1 heterocycles. The molecule has 0 radical (unpaired) electrons. The van der Waals surface area contributed by atoms with Crippen LogP contribution in [0.25, 0.3) is 10.2 Å². The molecule has 1 N–H and O–H groups in total. The van der Waals surface area contributed by atoms with Crippen LogP contribution in [-0.2, 0) is 4.79 Å². The first kappa shape index (κ1) is 16.8. The number of nitrogens with one attached hydrogen (secondary N) is 1. The zero-order valence-electron chi connectivity index (χ0n) is 13.3. The first-order chi connectivity index (χ1) is 11.7. The van der Waals surface area contributed by atoms with E-state index in [1.165, 1.54) is 4.90 Å². The van der Waals surface area contributed by atoms with E-state index in [2.05, 4.69) is 10.3 Å². The van der Waals surface area contributed by atoms with Gasteiger partial charge in [-0.05, 0) is 54.6 Å². The Morgan fingerprint density at radius 3 is 2.88 bits per heavy atom. The van der Waals surface area contributed by atoms with E-state index in [9.17, 15) is 4.79 Å². The van der Waals surface area contributed by atoms with Crippen LogP contribution in [0.5, 0.6) is 5.75 Å². The minimum Gasteiger partial charge on any atom is -0.497 e. The summed E-state index contributed by atoms with van der Waals surface area (Å²) in [6, 6.07) is 13.8. The highest BCUT2D eigenvalue weighted by Crippen LogP contribution is 2.23. The normalized spacial score (nSPS) is 10.7. The molecule has 3 rings (SSSR count). The summed E-state index contributed by atoms with van der Waals surface area (Å²) < 4.78 is 6.23. The third-order valence-corrected chi connectivity index (χ3v) is 5.38. The van der Waals surface area contributed by atoms with Crippen molar-refractivity contribution in [2.24, 2.45) is 0 Å². The number of aromatic nitrogens is 1. The predicted octanol–water partition coefficient (Wildman–Crippen LogP) is 4.82. The molecule has 6 heteroatoms. The number of anilines is 1. The number of carbonyl (C=O) groups is 1. The molecule has 2 aromatic carbocycles. The van der Waals surface area contributed by atoms with Crippen LogP contribution in [0.4, 0.5) is 5.69 Å². The van der Waals surface area contributed by atoms with Gasteiger partial charge in [-0.3, -0.25) is 4.79 Å². The monoisotopic (exact) mass is 358 g/mol. The fourth-order valence-corrected chi connectivity index (χ4v) is 3.82. The minimum absolute atomic E-state index is 0.0502. The number of carbonyl (C=O) groups excluding carboxylic acids is 1. The van der Waals surface area contributed by atoms with Gasteiger partial charge in [0.2, 0.25) is 5.91 Å². The molecule has 0 spiro atoms. The van der Waals surface area contributed by atoms with Gasteiger partial charge in [-0.1, -0.05) is 0 Å². The summed E-state index contributed by atoms with van der Waals surface area (Å²) in [6.45, 7) is 0. The highest BCUT2D eigenvalue weighted by atomic mass is 32.2. The standard InChI is InChI=1S/C18H18N2O2S2/c1-22-14-5-7-15(8-6-14)23-10-2-3-18(21)20-13-4-9-16-17(11-13)24-12-19-16/h4-9,11-12H,2-3,10H2,1H3,(H,20,21). The third kappa shape index (κ3) is 4.49. The number of thiazole rings is 1. The van der Waals surface area contributed by atoms with Gasteiger partial charge in [-0.25, -0.2) is 4.98 Å². The molecule has 0 fully saturated rings. The third-order valence-electron chi connectivity index (χ3n) is 3.49. The van der Waals surface area contributed by atoms with E-state index in [0.29, 0.717) is 6.42 Å². The lowest BCUT2D eigenvalue weighted by molar-refractivity contribution is -0.116. The molecule has 1 amide bonds. The highest BCUT2D eigenvalue weighted by molar-refractivity contribution is 7.99. The molecule has 1 aromatic heterocycles. The fraction of sp³-hybridized carbons (Fsp3) is 0.222. The number of amides is 1. The Bertz CT molecular complexity index is 815. The van der Waals surface area contributed by atoms with Crippen LogP contribution in [0.15, 0.2) is 52.9 Å². The maximum absolute atomic E-state index is 12.0. The van der Waals surface area contributed by atoms with Crippen molar-refractivity contribution in [3.05, 3.63) is 48.0 Å². The van der Waals surface area contributed by atoms with Crippen LogP contribution in [0, 0.1) is 0 Å². The fourth-order valence-electron chi connectivity index (χ4n) is 2.25. The minimum atomic E-state index is 0.0502. The van der Waals surface area contributed by atoms with Gasteiger partial charge in [-0.2, -0.15) is 0 Å². The van der Waals surface area contributed by atoms with Crippen LogP contribution >= 0.6 is 23.1 Å². The topological polar surface area (TPSA) is 51.2 Å². The van der Waals surface area contributed by atoms with Crippen molar-refractivity contribution < 1.29 is 9.53 Å². The van der Waals surface area contributed by atoms with Crippen molar-refractivity contribution in [3.8, 4) is 5.75 Å². The van der Waals surface area contributed by atoms with Crippen molar-refractivity contribution in [2.75, 3.05) is 18.2 Å². The lowest BCUT2D eigenvalue weighted by atomic mass is 10.2. The Labute approximate surface area is 149 Å². The van der Waals surface area contributed by atoms with E-state index < -0.39 is 0 Å². The molecular formula is C18H18N2O2S2. The van der Waals surface area contributed by atoms with Gasteiger partial charge in [0.05, 0.1) is 22.8 Å². The van der Waals surface area contributed by atoms with Crippen LogP contribution in [0.2, 0.25) is 0 Å². The molecule has 0 aliphatic rings. The number of fused-ring (bicyclic) bond motifs is 1. The molecule has 24 heavy (non-hydrogen) atoms. The zero-order valence-corrected chi connectivity index (χ0v) is 15.0. The number of benzene rings is 2. The number of thioether (sulfide) groups is 1. The van der Waals surface area contributed by atoms with E-state index >= 15 is 0 Å². The van der Waals surface area contributed by atoms with Gasteiger partial charge in [0.1, 0.15) is 5.75 Å². The highest BCUT2D eigenvalue weighted by Gasteiger charge is 2.05. The summed E-state index contributed by atoms with van der Waals surface area (Å²) in [5, 5.41) is 2.95. The van der Waals surface area contributed by atoms with Crippen molar-refractivity contribution in [1.82, 2.24) is 4.98 Å². The summed E-state index contributed by atoms with van der Waals surface area (Å²) in [5.41, 5.74) is 3.61. The van der Waals surface area contributed by atoms with Crippen LogP contribution in [0.1, 0.15) is 12.8 Å². The molecule has 0 aliphatic carbocycles. The first-order valence-corrected chi connectivity index (χ1v) is 9.51. The van der Waals surface area contributed by atoms with Crippen molar-refractivity contribution >= 4 is 44.9 Å². The average Bonchev–Trinajstić information content (AvgIpc) is 3.07. The predicted molar refractivity (Wildman–Crippen MR) is 101 cm³/mol. The Morgan fingerprint density at radius 1 is 1.25 bits per heavy atom. The molecule has 0 saturated heterocycles. The number of hydrogen-bond donors (Lipinski definition) is 1. The molecule has 0 bridgehead atoms. The zero-order chi connectivity index (χ0) is 16.8. The van der Waals surface area contributed by atoms with Gasteiger partial charge in [0.15, 0.2) is 0 Å². The van der Waals surface area contributed by atoms with E-state index in [1.54, 1.807) is 30.2 Å². The van der Waals surface area contributed by atoms with Crippen LogP contribution < -0.4 is 10.1 Å². The maximum Gasteiger partial charge on any atom is 0.224 e. The Kier molecular flexibility index (Phi) is 5.72. The van der Waals surface area contributed by atoms with Crippen molar-refractivity contribution in [1.29, 1.82) is 0 Å². The Balaban J connectivity index is 1.41. The second-order valence-electron chi connectivity index (χ2n) is 5.21. The molecule has 0 saturated carbocycles. The summed E-state index contributed by atoms with van der Waals surface area (Å²) in [7, 11) is 1.66. The Morgan fingerprint density at radius 2 is 2.08 bits per heavy atom. The number of rotatable bonds is 7. The van der Waals surface area contributed by atoms with E-state index in [4.69, 9.17) is 4.74 Å². The quantitative estimate of drug-likeness (QED) is 0.486. The second-order valence-corrected chi connectivity index (χ2v) is 7.27. The first-order valence-electron chi connectivity index (χ1n) is 7.64. The molecule has 124 valence electrons. The average molecular weight is 358 g/mol. The van der Waals surface area contributed by atoms with E-state index in [-0.39, 0.29) is 5.91 Å². The molecule has 4 nitrogen and oxygen atoms in total. The number of ether oxygens (including phenoxy) is 1.